The Morgan fingerprint density at radius 3 is 2.38 bits per heavy atom. The minimum atomic E-state index is 0.835. The van der Waals surface area contributed by atoms with Gasteiger partial charge in [0, 0.05) is 16.9 Å². The summed E-state index contributed by atoms with van der Waals surface area (Å²) in [4.78, 5) is 4.88. The SMILES string of the molecule is COc1ccc(-c2nc3cccc(C)n3c2Nc2ccccc2C)cc1. The van der Waals surface area contributed by atoms with Crippen molar-refractivity contribution in [3.05, 3.63) is 78.0 Å². The van der Waals surface area contributed by atoms with Crippen molar-refractivity contribution in [1.82, 2.24) is 9.38 Å². The number of benzene rings is 2. The maximum Gasteiger partial charge on any atom is 0.143 e. The average Bonchev–Trinajstić information content (AvgIpc) is 3.03. The van der Waals surface area contributed by atoms with Crippen LogP contribution in [0.4, 0.5) is 11.5 Å². The normalized spacial score (nSPS) is 10.9. The van der Waals surface area contributed by atoms with Crippen LogP contribution in [0.1, 0.15) is 11.3 Å². The lowest BCUT2D eigenvalue weighted by Crippen LogP contribution is -2.00. The first-order valence-electron chi connectivity index (χ1n) is 8.62. The van der Waals surface area contributed by atoms with Crippen LogP contribution in [0.3, 0.4) is 0 Å². The first-order chi connectivity index (χ1) is 12.7. The first kappa shape index (κ1) is 16.2. The summed E-state index contributed by atoms with van der Waals surface area (Å²) in [6.07, 6.45) is 0. The number of methoxy groups -OCH3 is 1. The molecule has 0 saturated carbocycles. The fraction of sp³-hybridized carbons (Fsp3) is 0.136. The quantitative estimate of drug-likeness (QED) is 0.541. The fourth-order valence-corrected chi connectivity index (χ4v) is 3.16. The predicted molar refractivity (Wildman–Crippen MR) is 106 cm³/mol. The number of para-hydroxylation sites is 1. The Balaban J connectivity index is 1.91. The second kappa shape index (κ2) is 6.56. The Hall–Kier alpha value is -3.27. The van der Waals surface area contributed by atoms with Gasteiger partial charge in [0.05, 0.1) is 7.11 Å². The molecular weight excluding hydrogens is 322 g/mol. The minimum Gasteiger partial charge on any atom is -0.497 e. The van der Waals surface area contributed by atoms with Crippen molar-refractivity contribution < 1.29 is 4.74 Å². The highest BCUT2D eigenvalue weighted by Crippen LogP contribution is 2.33. The summed E-state index contributed by atoms with van der Waals surface area (Å²) in [7, 11) is 1.68. The summed E-state index contributed by atoms with van der Waals surface area (Å²) in [5, 5.41) is 3.60. The highest BCUT2D eigenvalue weighted by atomic mass is 16.5. The minimum absolute atomic E-state index is 0.835. The number of hydrogen-bond donors (Lipinski definition) is 1. The van der Waals surface area contributed by atoms with Crippen LogP contribution in [0.5, 0.6) is 5.75 Å². The molecule has 0 aliphatic heterocycles. The summed E-state index contributed by atoms with van der Waals surface area (Å²) >= 11 is 0. The molecule has 0 unspecified atom stereocenters. The van der Waals surface area contributed by atoms with E-state index < -0.39 is 0 Å². The summed E-state index contributed by atoms with van der Waals surface area (Å²) < 4.78 is 7.44. The number of pyridine rings is 1. The number of fused-ring (bicyclic) bond motifs is 1. The Labute approximate surface area is 153 Å². The van der Waals surface area contributed by atoms with E-state index >= 15 is 0 Å². The molecule has 0 amide bonds. The van der Waals surface area contributed by atoms with Crippen LogP contribution in [0, 0.1) is 13.8 Å². The highest BCUT2D eigenvalue weighted by molar-refractivity contribution is 5.80. The zero-order valence-electron chi connectivity index (χ0n) is 15.2. The van der Waals surface area contributed by atoms with E-state index in [-0.39, 0.29) is 0 Å². The second-order valence-electron chi connectivity index (χ2n) is 6.34. The third-order valence-corrected chi connectivity index (χ3v) is 4.60. The molecule has 4 heteroatoms. The zero-order valence-corrected chi connectivity index (χ0v) is 15.2. The van der Waals surface area contributed by atoms with Crippen LogP contribution < -0.4 is 10.1 Å². The van der Waals surface area contributed by atoms with E-state index in [1.54, 1.807) is 7.11 Å². The van der Waals surface area contributed by atoms with Gasteiger partial charge in [0.15, 0.2) is 0 Å². The van der Waals surface area contributed by atoms with Crippen molar-refractivity contribution in [3.8, 4) is 17.0 Å². The van der Waals surface area contributed by atoms with Crippen LogP contribution in [0.2, 0.25) is 0 Å². The Morgan fingerprint density at radius 1 is 0.885 bits per heavy atom. The lowest BCUT2D eigenvalue weighted by atomic mass is 10.1. The molecule has 4 aromatic rings. The number of ether oxygens (including phenoxy) is 1. The average molecular weight is 343 g/mol. The van der Waals surface area contributed by atoms with Gasteiger partial charge in [-0.05, 0) is 61.9 Å². The molecule has 1 N–H and O–H groups in total. The number of rotatable bonds is 4. The Bertz CT molecular complexity index is 1060. The van der Waals surface area contributed by atoms with E-state index in [9.17, 15) is 0 Å². The van der Waals surface area contributed by atoms with Gasteiger partial charge >= 0.3 is 0 Å². The van der Waals surface area contributed by atoms with Gasteiger partial charge in [0.25, 0.3) is 0 Å². The van der Waals surface area contributed by atoms with E-state index in [2.05, 4.69) is 41.8 Å². The van der Waals surface area contributed by atoms with Crippen molar-refractivity contribution in [2.45, 2.75) is 13.8 Å². The van der Waals surface area contributed by atoms with Crippen LogP contribution in [-0.2, 0) is 0 Å². The molecule has 130 valence electrons. The molecule has 0 atom stereocenters. The summed E-state index contributed by atoms with van der Waals surface area (Å²) in [6, 6.07) is 22.4. The highest BCUT2D eigenvalue weighted by Gasteiger charge is 2.16. The number of nitrogens with one attached hydrogen (secondary N) is 1. The van der Waals surface area contributed by atoms with Gasteiger partial charge in [-0.3, -0.25) is 4.40 Å². The van der Waals surface area contributed by atoms with E-state index in [1.807, 2.05) is 48.5 Å². The standard InChI is InChI=1S/C22H21N3O/c1-15-7-4-5-9-19(15)23-22-21(17-11-13-18(26-3)14-12-17)24-20-10-6-8-16(2)25(20)22/h4-14,23H,1-3H3. The summed E-state index contributed by atoms with van der Waals surface area (Å²) in [5.74, 6) is 1.81. The molecule has 0 saturated heterocycles. The third-order valence-electron chi connectivity index (χ3n) is 4.60. The second-order valence-corrected chi connectivity index (χ2v) is 6.34. The maximum absolute atomic E-state index is 5.28. The molecule has 2 aromatic heterocycles. The van der Waals surface area contributed by atoms with Gasteiger partial charge in [-0.15, -0.1) is 0 Å². The van der Waals surface area contributed by atoms with E-state index in [0.29, 0.717) is 0 Å². The van der Waals surface area contributed by atoms with Crippen molar-refractivity contribution >= 4 is 17.2 Å². The number of nitrogens with zero attached hydrogens (tertiary/aromatic N) is 2. The molecular formula is C22H21N3O. The van der Waals surface area contributed by atoms with E-state index in [1.165, 1.54) is 5.56 Å². The topological polar surface area (TPSA) is 38.6 Å². The fourth-order valence-electron chi connectivity index (χ4n) is 3.16. The smallest absolute Gasteiger partial charge is 0.143 e. The molecule has 0 aliphatic carbocycles. The van der Waals surface area contributed by atoms with Crippen LogP contribution >= 0.6 is 0 Å². The molecule has 0 bridgehead atoms. The van der Waals surface area contributed by atoms with Crippen LogP contribution in [-0.4, -0.2) is 16.5 Å². The van der Waals surface area contributed by atoms with Gasteiger partial charge in [-0.25, -0.2) is 4.98 Å². The summed E-state index contributed by atoms with van der Waals surface area (Å²) in [6.45, 7) is 4.20. The molecule has 0 spiro atoms. The molecule has 4 rings (SSSR count). The predicted octanol–water partition coefficient (Wildman–Crippen LogP) is 5.37. The molecule has 0 fully saturated rings. The lowest BCUT2D eigenvalue weighted by molar-refractivity contribution is 0.415. The van der Waals surface area contributed by atoms with E-state index in [0.717, 1.165) is 39.9 Å². The molecule has 0 radical (unpaired) electrons. The molecule has 0 aliphatic rings. The monoisotopic (exact) mass is 343 g/mol. The molecule has 26 heavy (non-hydrogen) atoms. The molecule has 2 aromatic carbocycles. The van der Waals surface area contributed by atoms with Crippen molar-refractivity contribution in [3.63, 3.8) is 0 Å². The number of hydrogen-bond acceptors (Lipinski definition) is 3. The Kier molecular flexibility index (Phi) is 4.09. The molecule has 2 heterocycles. The summed E-state index contributed by atoms with van der Waals surface area (Å²) in [5.41, 5.74) is 6.29. The number of aryl methyl sites for hydroxylation is 2. The van der Waals surface area contributed by atoms with Gasteiger partial charge in [-0.2, -0.15) is 0 Å². The van der Waals surface area contributed by atoms with Crippen molar-refractivity contribution in [2.24, 2.45) is 0 Å². The maximum atomic E-state index is 5.28. The van der Waals surface area contributed by atoms with Crippen molar-refractivity contribution in [2.75, 3.05) is 12.4 Å². The number of imidazole rings is 1. The zero-order chi connectivity index (χ0) is 18.1. The number of aromatic nitrogens is 2. The number of anilines is 2. The third kappa shape index (κ3) is 2.80. The van der Waals surface area contributed by atoms with Crippen LogP contribution in [0.15, 0.2) is 66.7 Å². The van der Waals surface area contributed by atoms with E-state index in [4.69, 9.17) is 9.72 Å². The van der Waals surface area contributed by atoms with Crippen molar-refractivity contribution in [1.29, 1.82) is 0 Å². The van der Waals surface area contributed by atoms with Gasteiger partial charge in [0.2, 0.25) is 0 Å². The lowest BCUT2D eigenvalue weighted by Gasteiger charge is -2.12. The van der Waals surface area contributed by atoms with Gasteiger partial charge in [0.1, 0.15) is 22.9 Å². The van der Waals surface area contributed by atoms with Crippen LogP contribution in [0.25, 0.3) is 16.9 Å². The molecule has 4 nitrogen and oxygen atoms in total. The first-order valence-corrected chi connectivity index (χ1v) is 8.62. The Morgan fingerprint density at radius 2 is 1.65 bits per heavy atom. The van der Waals surface area contributed by atoms with Gasteiger partial charge in [-0.1, -0.05) is 24.3 Å². The van der Waals surface area contributed by atoms with Gasteiger partial charge < -0.3 is 10.1 Å². The largest absolute Gasteiger partial charge is 0.497 e.